The van der Waals surface area contributed by atoms with Gasteiger partial charge in [0.05, 0.1) is 13.2 Å². The number of sulfonamides is 2. The van der Waals surface area contributed by atoms with Crippen LogP contribution in [0.25, 0.3) is 4.13 Å². The number of aliphatic hydroxyl groups excluding tert-OH is 2. The van der Waals surface area contributed by atoms with Gasteiger partial charge in [0.15, 0.2) is 20.0 Å². The standard InChI is InChI=1S/C13H27N2O2.C2F6NO4S2/c1-10(2)12(7-16)14-5-6-15(9-14)13(8-17)11(3)4;3-1(4,5)14(10,11)9-15(12,13)2(6,7)8/h9-13,16-17H,5-8H2,1-4H3;/q+1;-1/t12-,13-;/m1./s1. The van der Waals surface area contributed by atoms with E-state index in [1.807, 2.05) is 0 Å². The van der Waals surface area contributed by atoms with Gasteiger partial charge in [0.25, 0.3) is 0 Å². The van der Waals surface area contributed by atoms with Crippen molar-refractivity contribution in [1.82, 2.24) is 4.90 Å². The Bertz CT molecular complexity index is 799. The maximum atomic E-state index is 11.4. The first-order valence-electron chi connectivity index (χ1n) is 9.16. The number of nitrogens with zero attached hydrogens (tertiary/aromatic N) is 3. The molecule has 0 saturated heterocycles. The number of hydrogen-bond acceptors (Lipinski definition) is 7. The summed E-state index contributed by atoms with van der Waals surface area (Å²) in [6.07, 6.45) is 2.09. The fourth-order valence-electron chi connectivity index (χ4n) is 2.65. The molecule has 0 radical (unpaired) electrons. The highest BCUT2D eigenvalue weighted by Crippen LogP contribution is 2.36. The normalized spacial score (nSPS) is 17.8. The highest BCUT2D eigenvalue weighted by Gasteiger charge is 2.47. The smallest absolute Gasteiger partial charge is 0.421 e. The molecule has 0 saturated carbocycles. The van der Waals surface area contributed by atoms with Gasteiger partial charge in [0, 0.05) is 0 Å². The van der Waals surface area contributed by atoms with Crippen LogP contribution in [0.4, 0.5) is 26.3 Å². The van der Waals surface area contributed by atoms with Crippen molar-refractivity contribution in [2.24, 2.45) is 11.8 Å². The Kier molecular flexibility index (Phi) is 10.9. The van der Waals surface area contributed by atoms with E-state index in [1.165, 1.54) is 0 Å². The average molecular weight is 524 g/mol. The molecule has 0 aromatic rings. The van der Waals surface area contributed by atoms with Crippen molar-refractivity contribution in [2.75, 3.05) is 26.3 Å². The van der Waals surface area contributed by atoms with Crippen molar-refractivity contribution in [1.29, 1.82) is 0 Å². The lowest BCUT2D eigenvalue weighted by atomic mass is 10.0. The van der Waals surface area contributed by atoms with Gasteiger partial charge in [0.2, 0.25) is 6.34 Å². The van der Waals surface area contributed by atoms with Crippen LogP contribution < -0.4 is 0 Å². The molecule has 0 aromatic carbocycles. The topological polar surface area (TPSA) is 129 Å². The van der Waals surface area contributed by atoms with Crippen LogP contribution in [-0.2, 0) is 20.0 Å². The summed E-state index contributed by atoms with van der Waals surface area (Å²) in [5.41, 5.74) is -12.4. The summed E-state index contributed by atoms with van der Waals surface area (Å²) in [6, 6.07) is 0.373. The van der Waals surface area contributed by atoms with Crippen LogP contribution in [0.2, 0.25) is 0 Å². The van der Waals surface area contributed by atoms with Crippen LogP contribution in [-0.4, -0.2) is 92.3 Å². The quantitative estimate of drug-likeness (QED) is 0.364. The Labute approximate surface area is 182 Å². The van der Waals surface area contributed by atoms with Gasteiger partial charge in [-0.3, -0.25) is 9.48 Å². The van der Waals surface area contributed by atoms with E-state index in [4.69, 9.17) is 0 Å². The zero-order chi connectivity index (χ0) is 25.7. The van der Waals surface area contributed by atoms with E-state index in [2.05, 4.69) is 43.5 Å². The Balaban J connectivity index is 0.000000607. The average Bonchev–Trinajstić information content (AvgIpc) is 3.02. The molecule has 2 atom stereocenters. The summed E-state index contributed by atoms with van der Waals surface area (Å²) in [6.45, 7) is 10.8. The molecule has 1 aliphatic heterocycles. The minimum absolute atomic E-state index is 0.187. The molecule has 0 amide bonds. The van der Waals surface area contributed by atoms with Crippen molar-refractivity contribution in [3.05, 3.63) is 4.13 Å². The van der Waals surface area contributed by atoms with E-state index in [9.17, 15) is 53.4 Å². The minimum atomic E-state index is -6.72. The molecule has 1 heterocycles. The second-order valence-corrected chi connectivity index (χ2v) is 10.9. The number of halogens is 6. The van der Waals surface area contributed by atoms with Gasteiger partial charge in [-0.1, -0.05) is 27.7 Å². The molecule has 32 heavy (non-hydrogen) atoms. The Morgan fingerprint density at radius 3 is 1.62 bits per heavy atom. The zero-order valence-corrected chi connectivity index (χ0v) is 19.3. The summed E-state index contributed by atoms with van der Waals surface area (Å²) in [5.74, 6) is 0.866. The monoisotopic (exact) mass is 523 g/mol. The van der Waals surface area contributed by atoms with E-state index in [1.54, 1.807) is 0 Å². The fraction of sp³-hybridized carbons (Fsp3) is 0.933. The molecule has 1 aliphatic rings. The van der Waals surface area contributed by atoms with Gasteiger partial charge in [0.1, 0.15) is 25.2 Å². The molecule has 0 spiro atoms. The molecule has 17 heteroatoms. The molecule has 0 aromatic heterocycles. The molecule has 2 N–H and O–H groups in total. The number of alkyl halides is 6. The number of aliphatic hydroxyl groups is 2. The molecule has 0 fully saturated rings. The Morgan fingerprint density at radius 1 is 0.906 bits per heavy atom. The van der Waals surface area contributed by atoms with Gasteiger partial charge in [-0.25, -0.2) is 16.8 Å². The van der Waals surface area contributed by atoms with Gasteiger partial charge < -0.3 is 14.3 Å². The third kappa shape index (κ3) is 8.31. The highest BCUT2D eigenvalue weighted by atomic mass is 32.3. The molecule has 1 rings (SSSR count). The summed E-state index contributed by atoms with van der Waals surface area (Å²) in [7, 11) is -13.4. The molecule has 9 nitrogen and oxygen atoms in total. The lowest BCUT2D eigenvalue weighted by Crippen LogP contribution is -2.40. The van der Waals surface area contributed by atoms with Crippen molar-refractivity contribution in [2.45, 2.75) is 50.8 Å². The number of rotatable bonds is 8. The van der Waals surface area contributed by atoms with Gasteiger partial charge in [-0.2, -0.15) is 26.3 Å². The van der Waals surface area contributed by atoms with Gasteiger partial charge in [-0.15, -0.1) is 0 Å². The predicted octanol–water partition coefficient (Wildman–Crippen LogP) is 1.44. The summed E-state index contributed by atoms with van der Waals surface area (Å²) >= 11 is 0. The Hall–Kier alpha value is -1.17. The molecule has 192 valence electrons. The number of hydrogen-bond donors (Lipinski definition) is 2. The maximum Gasteiger partial charge on any atom is 0.480 e. The fourth-order valence-corrected chi connectivity index (χ4v) is 4.36. The second kappa shape index (κ2) is 11.3. The van der Waals surface area contributed by atoms with E-state index >= 15 is 0 Å². The first-order chi connectivity index (χ1) is 14.2. The second-order valence-electron chi connectivity index (χ2n) is 7.50. The minimum Gasteiger partial charge on any atom is -0.421 e. The van der Waals surface area contributed by atoms with Crippen molar-refractivity contribution in [3.63, 3.8) is 0 Å². The first-order valence-corrected chi connectivity index (χ1v) is 12.0. The molecular formula is C15H27F6N3O6S2. The van der Waals surface area contributed by atoms with Crippen molar-refractivity contribution in [3.8, 4) is 0 Å². The first kappa shape index (κ1) is 30.8. The predicted molar refractivity (Wildman–Crippen MR) is 103 cm³/mol. The van der Waals surface area contributed by atoms with E-state index < -0.39 is 31.1 Å². The van der Waals surface area contributed by atoms with Crippen LogP contribution in [0, 0.1) is 11.8 Å². The van der Waals surface area contributed by atoms with E-state index in [0.29, 0.717) is 11.8 Å². The van der Waals surface area contributed by atoms with Crippen molar-refractivity contribution < 1.29 is 58.0 Å². The third-order valence-corrected chi connectivity index (χ3v) is 7.20. The van der Waals surface area contributed by atoms with E-state index in [-0.39, 0.29) is 25.3 Å². The lowest BCUT2D eigenvalue weighted by molar-refractivity contribution is -0.563. The highest BCUT2D eigenvalue weighted by molar-refractivity contribution is 8.13. The summed E-state index contributed by atoms with van der Waals surface area (Å²) in [4.78, 5) is 2.20. The Morgan fingerprint density at radius 2 is 1.34 bits per heavy atom. The van der Waals surface area contributed by atoms with Crippen LogP contribution in [0.5, 0.6) is 0 Å². The molecule has 0 aliphatic carbocycles. The summed E-state index contributed by atoms with van der Waals surface area (Å²) < 4.78 is 111. The van der Waals surface area contributed by atoms with Crippen LogP contribution in [0.3, 0.4) is 0 Å². The lowest BCUT2D eigenvalue weighted by Gasteiger charge is -2.22. The maximum absolute atomic E-state index is 11.4. The van der Waals surface area contributed by atoms with Gasteiger partial charge >= 0.3 is 11.0 Å². The van der Waals surface area contributed by atoms with Crippen LogP contribution >= 0.6 is 0 Å². The van der Waals surface area contributed by atoms with Crippen LogP contribution in [0.1, 0.15) is 27.7 Å². The van der Waals surface area contributed by atoms with Crippen molar-refractivity contribution >= 4 is 26.4 Å². The SMILES string of the molecule is CC(C)[C@@H](CO)N1C=[N+]([C@H](CO)C(C)C)CC1.O=S(=O)([N-]S(=O)(=O)C(F)(F)F)C(F)(F)F. The largest absolute Gasteiger partial charge is 0.480 e. The molecular weight excluding hydrogens is 496 g/mol. The summed E-state index contributed by atoms with van der Waals surface area (Å²) in [5, 5.41) is 18.8. The third-order valence-electron chi connectivity index (χ3n) is 4.46. The van der Waals surface area contributed by atoms with Gasteiger partial charge in [-0.05, 0) is 11.8 Å². The molecule has 0 bridgehead atoms. The molecule has 0 unspecified atom stereocenters. The van der Waals surface area contributed by atoms with Crippen LogP contribution in [0.15, 0.2) is 0 Å². The van der Waals surface area contributed by atoms with E-state index in [0.717, 1.165) is 17.2 Å². The zero-order valence-electron chi connectivity index (χ0n) is 17.7.